The van der Waals surface area contributed by atoms with E-state index in [1.165, 1.54) is 50.0 Å². The number of nitrogens with one attached hydrogen (secondary N) is 1. The minimum Gasteiger partial charge on any atom is -0.322 e. The van der Waals surface area contributed by atoms with Crippen LogP contribution in [0.2, 0.25) is 0 Å². The van der Waals surface area contributed by atoms with Gasteiger partial charge in [-0.2, -0.15) is 0 Å². The third-order valence-corrected chi connectivity index (χ3v) is 3.82. The highest BCUT2D eigenvalue weighted by molar-refractivity contribution is 6.03. The third kappa shape index (κ3) is 2.85. The molecule has 3 rings (SSSR count). The van der Waals surface area contributed by atoms with E-state index in [0.717, 1.165) is 5.69 Å². The monoisotopic (exact) mass is 267 g/mol. The Morgan fingerprint density at radius 2 is 1.70 bits per heavy atom. The standard InChI is InChI=1S/C16H17N3O/c20-16(14-9-17-11-18-10-14)19-15-7-5-13(6-8-15)12-3-1-2-4-12/h5-12H,1-4H2,(H,19,20). The van der Waals surface area contributed by atoms with Crippen LogP contribution < -0.4 is 5.32 Å². The van der Waals surface area contributed by atoms with Gasteiger partial charge in [0.1, 0.15) is 6.33 Å². The van der Waals surface area contributed by atoms with E-state index in [9.17, 15) is 4.79 Å². The molecular weight excluding hydrogens is 250 g/mol. The number of carbonyl (C=O) groups is 1. The Hall–Kier alpha value is -2.23. The number of amides is 1. The summed E-state index contributed by atoms with van der Waals surface area (Å²) in [4.78, 5) is 19.6. The Morgan fingerprint density at radius 1 is 1.05 bits per heavy atom. The van der Waals surface area contributed by atoms with Gasteiger partial charge in [-0.3, -0.25) is 4.79 Å². The molecule has 0 spiro atoms. The lowest BCUT2D eigenvalue weighted by Crippen LogP contribution is -2.12. The van der Waals surface area contributed by atoms with Crippen molar-refractivity contribution in [1.82, 2.24) is 9.97 Å². The molecule has 102 valence electrons. The van der Waals surface area contributed by atoms with Crippen molar-refractivity contribution >= 4 is 11.6 Å². The van der Waals surface area contributed by atoms with Crippen molar-refractivity contribution in [2.45, 2.75) is 31.6 Å². The maximum atomic E-state index is 12.0. The molecule has 1 aliphatic carbocycles. The molecular formula is C16H17N3O. The summed E-state index contributed by atoms with van der Waals surface area (Å²) in [7, 11) is 0. The molecule has 0 radical (unpaired) electrons. The zero-order valence-corrected chi connectivity index (χ0v) is 11.2. The molecule has 0 aliphatic heterocycles. The number of aromatic nitrogens is 2. The maximum absolute atomic E-state index is 12.0. The maximum Gasteiger partial charge on any atom is 0.258 e. The Bertz CT molecular complexity index is 574. The molecule has 1 aliphatic rings. The highest BCUT2D eigenvalue weighted by atomic mass is 16.1. The highest BCUT2D eigenvalue weighted by Crippen LogP contribution is 2.34. The molecule has 20 heavy (non-hydrogen) atoms. The average Bonchev–Trinajstić information content (AvgIpc) is 3.03. The molecule has 0 saturated heterocycles. The molecule has 2 aromatic rings. The van der Waals surface area contributed by atoms with Crippen LogP contribution in [0.3, 0.4) is 0 Å². The van der Waals surface area contributed by atoms with Gasteiger partial charge in [-0.15, -0.1) is 0 Å². The average molecular weight is 267 g/mol. The Labute approximate surface area is 118 Å². The van der Waals surface area contributed by atoms with Gasteiger partial charge >= 0.3 is 0 Å². The van der Waals surface area contributed by atoms with Crippen molar-refractivity contribution in [2.24, 2.45) is 0 Å². The molecule has 1 heterocycles. The van der Waals surface area contributed by atoms with Gasteiger partial charge < -0.3 is 5.32 Å². The predicted octanol–water partition coefficient (Wildman–Crippen LogP) is 3.39. The molecule has 4 nitrogen and oxygen atoms in total. The van der Waals surface area contributed by atoms with Crippen molar-refractivity contribution in [3.8, 4) is 0 Å². The number of rotatable bonds is 3. The first-order valence-corrected chi connectivity index (χ1v) is 6.99. The van der Waals surface area contributed by atoms with E-state index in [1.54, 1.807) is 0 Å². The second kappa shape index (κ2) is 5.82. The first-order valence-electron chi connectivity index (χ1n) is 6.99. The first-order chi connectivity index (χ1) is 9.83. The molecule has 1 saturated carbocycles. The second-order valence-corrected chi connectivity index (χ2v) is 5.18. The van der Waals surface area contributed by atoms with Crippen molar-refractivity contribution in [3.05, 3.63) is 54.1 Å². The fourth-order valence-electron chi connectivity index (χ4n) is 2.72. The number of anilines is 1. The van der Waals surface area contributed by atoms with Crippen LogP contribution in [0.25, 0.3) is 0 Å². The van der Waals surface area contributed by atoms with Crippen LogP contribution >= 0.6 is 0 Å². The number of hydrogen-bond acceptors (Lipinski definition) is 3. The fraction of sp³-hybridized carbons (Fsp3) is 0.312. The summed E-state index contributed by atoms with van der Waals surface area (Å²) in [5.74, 6) is 0.515. The summed E-state index contributed by atoms with van der Waals surface area (Å²) in [6, 6.07) is 8.17. The van der Waals surface area contributed by atoms with Crippen molar-refractivity contribution < 1.29 is 4.79 Å². The predicted molar refractivity (Wildman–Crippen MR) is 77.6 cm³/mol. The molecule has 1 fully saturated rings. The van der Waals surface area contributed by atoms with Crippen LogP contribution in [-0.4, -0.2) is 15.9 Å². The minimum absolute atomic E-state index is 0.181. The van der Waals surface area contributed by atoms with Gasteiger partial charge in [-0.25, -0.2) is 9.97 Å². The summed E-state index contributed by atoms with van der Waals surface area (Å²) in [6.45, 7) is 0. The van der Waals surface area contributed by atoms with E-state index in [2.05, 4.69) is 27.4 Å². The van der Waals surface area contributed by atoms with E-state index in [-0.39, 0.29) is 5.91 Å². The van der Waals surface area contributed by atoms with E-state index in [1.807, 2.05) is 12.1 Å². The topological polar surface area (TPSA) is 54.9 Å². The van der Waals surface area contributed by atoms with E-state index in [0.29, 0.717) is 11.5 Å². The first kappa shape index (κ1) is 12.8. The lowest BCUT2D eigenvalue weighted by Gasteiger charge is -2.10. The van der Waals surface area contributed by atoms with Crippen molar-refractivity contribution in [3.63, 3.8) is 0 Å². The highest BCUT2D eigenvalue weighted by Gasteiger charge is 2.16. The third-order valence-electron chi connectivity index (χ3n) is 3.82. The van der Waals surface area contributed by atoms with Gasteiger partial charge in [0.25, 0.3) is 5.91 Å². The largest absolute Gasteiger partial charge is 0.322 e. The summed E-state index contributed by atoms with van der Waals surface area (Å²) < 4.78 is 0. The van der Waals surface area contributed by atoms with Gasteiger partial charge in [0, 0.05) is 18.1 Å². The molecule has 0 atom stereocenters. The molecule has 0 bridgehead atoms. The Balaban J connectivity index is 1.67. The van der Waals surface area contributed by atoms with Crippen LogP contribution in [0.5, 0.6) is 0 Å². The smallest absolute Gasteiger partial charge is 0.258 e. The molecule has 4 heteroatoms. The van der Waals surface area contributed by atoms with Crippen LogP contribution in [-0.2, 0) is 0 Å². The number of nitrogens with zero attached hydrogens (tertiary/aromatic N) is 2. The Kier molecular flexibility index (Phi) is 3.72. The molecule has 1 N–H and O–H groups in total. The van der Waals surface area contributed by atoms with Crippen molar-refractivity contribution in [1.29, 1.82) is 0 Å². The number of hydrogen-bond donors (Lipinski definition) is 1. The normalized spacial score (nSPS) is 15.2. The molecule has 0 unspecified atom stereocenters. The second-order valence-electron chi connectivity index (χ2n) is 5.18. The van der Waals surface area contributed by atoms with Crippen LogP contribution in [0.15, 0.2) is 43.0 Å². The fourth-order valence-corrected chi connectivity index (χ4v) is 2.72. The summed E-state index contributed by atoms with van der Waals surface area (Å²) in [6.07, 6.45) is 9.66. The number of carbonyl (C=O) groups excluding carboxylic acids is 1. The molecule has 1 amide bonds. The summed E-state index contributed by atoms with van der Waals surface area (Å²) in [5.41, 5.74) is 2.65. The number of benzene rings is 1. The van der Waals surface area contributed by atoms with E-state index < -0.39 is 0 Å². The zero-order chi connectivity index (χ0) is 13.8. The minimum atomic E-state index is -0.181. The van der Waals surface area contributed by atoms with E-state index >= 15 is 0 Å². The van der Waals surface area contributed by atoms with Gasteiger partial charge in [0.05, 0.1) is 5.56 Å². The molecule has 1 aromatic heterocycles. The Morgan fingerprint density at radius 3 is 2.35 bits per heavy atom. The van der Waals surface area contributed by atoms with E-state index in [4.69, 9.17) is 0 Å². The van der Waals surface area contributed by atoms with Crippen LogP contribution in [0.4, 0.5) is 5.69 Å². The van der Waals surface area contributed by atoms with Gasteiger partial charge in [-0.1, -0.05) is 25.0 Å². The lowest BCUT2D eigenvalue weighted by molar-refractivity contribution is 0.102. The van der Waals surface area contributed by atoms with Gasteiger partial charge in [0.15, 0.2) is 0 Å². The quantitative estimate of drug-likeness (QED) is 0.927. The SMILES string of the molecule is O=C(Nc1ccc(C2CCCC2)cc1)c1cncnc1. The van der Waals surface area contributed by atoms with Crippen molar-refractivity contribution in [2.75, 3.05) is 5.32 Å². The van der Waals surface area contributed by atoms with Gasteiger partial charge in [-0.05, 0) is 36.5 Å². The lowest BCUT2D eigenvalue weighted by atomic mass is 9.97. The van der Waals surface area contributed by atoms with Gasteiger partial charge in [0.2, 0.25) is 0 Å². The summed E-state index contributed by atoms with van der Waals surface area (Å²) >= 11 is 0. The van der Waals surface area contributed by atoms with Crippen LogP contribution in [0, 0.1) is 0 Å². The molecule has 1 aromatic carbocycles. The zero-order valence-electron chi connectivity index (χ0n) is 11.2. The summed E-state index contributed by atoms with van der Waals surface area (Å²) in [5, 5.41) is 2.86. The van der Waals surface area contributed by atoms with Crippen LogP contribution in [0.1, 0.15) is 47.5 Å².